The summed E-state index contributed by atoms with van der Waals surface area (Å²) in [5.74, 6) is -1.00. The first-order valence-electron chi connectivity index (χ1n) is 6.58. The normalized spacial score (nSPS) is 13.6. The number of ether oxygens (including phenoxy) is 1. The first kappa shape index (κ1) is 16.3. The molecule has 5 heteroatoms. The van der Waals surface area contributed by atoms with Gasteiger partial charge in [-0.25, -0.2) is 0 Å². The second-order valence-electron chi connectivity index (χ2n) is 4.63. The Labute approximate surface area is 118 Å². The van der Waals surface area contributed by atoms with Crippen molar-refractivity contribution in [2.24, 2.45) is 0 Å². The third kappa shape index (κ3) is 5.95. The minimum absolute atomic E-state index is 0.126. The zero-order chi connectivity index (χ0) is 15.0. The molecule has 0 aliphatic rings. The lowest BCUT2D eigenvalue weighted by molar-refractivity contribution is -0.150. The Morgan fingerprint density at radius 1 is 1.25 bits per heavy atom. The fraction of sp³-hybridized carbons (Fsp3) is 0.467. The van der Waals surface area contributed by atoms with Crippen LogP contribution in [0.25, 0.3) is 0 Å². The van der Waals surface area contributed by atoms with Crippen LogP contribution < -0.4 is 0 Å². The molecule has 0 aliphatic heterocycles. The van der Waals surface area contributed by atoms with Crippen LogP contribution in [0.1, 0.15) is 37.9 Å². The Kier molecular flexibility index (Phi) is 6.90. The molecule has 2 atom stereocenters. The van der Waals surface area contributed by atoms with Crippen molar-refractivity contribution in [2.75, 3.05) is 6.61 Å². The van der Waals surface area contributed by atoms with Crippen LogP contribution in [-0.2, 0) is 14.3 Å². The van der Waals surface area contributed by atoms with Crippen molar-refractivity contribution in [1.82, 2.24) is 0 Å². The van der Waals surface area contributed by atoms with E-state index in [1.807, 2.05) is 30.3 Å². The number of ketones is 1. The number of esters is 1. The van der Waals surface area contributed by atoms with E-state index in [4.69, 9.17) is 9.84 Å². The Morgan fingerprint density at radius 2 is 1.90 bits per heavy atom. The predicted octanol–water partition coefficient (Wildman–Crippen LogP) is 1.38. The summed E-state index contributed by atoms with van der Waals surface area (Å²) in [6, 6.07) is 9.23. The van der Waals surface area contributed by atoms with E-state index in [-0.39, 0.29) is 25.9 Å². The van der Waals surface area contributed by atoms with E-state index >= 15 is 0 Å². The summed E-state index contributed by atoms with van der Waals surface area (Å²) in [6.45, 7) is 1.54. The lowest BCUT2D eigenvalue weighted by Gasteiger charge is -2.13. The minimum atomic E-state index is -0.910. The van der Waals surface area contributed by atoms with Gasteiger partial charge in [0.2, 0.25) is 0 Å². The monoisotopic (exact) mass is 280 g/mol. The van der Waals surface area contributed by atoms with Crippen molar-refractivity contribution < 1.29 is 24.5 Å². The van der Waals surface area contributed by atoms with Gasteiger partial charge in [0.25, 0.3) is 0 Å². The quantitative estimate of drug-likeness (QED) is 0.555. The first-order chi connectivity index (χ1) is 9.52. The van der Waals surface area contributed by atoms with Crippen LogP contribution in [0.4, 0.5) is 0 Å². The summed E-state index contributed by atoms with van der Waals surface area (Å²) >= 11 is 0. The van der Waals surface area contributed by atoms with Gasteiger partial charge in [0.15, 0.2) is 0 Å². The molecule has 20 heavy (non-hydrogen) atoms. The molecule has 0 aliphatic carbocycles. The molecule has 5 nitrogen and oxygen atoms in total. The standard InChI is InChI=1S/C15H20O5/c1-11(12-5-3-2-4-6-12)20-15(19)10-14(18)9-13(17)7-8-16/h2-6,11,13,16-17H,7-10H2,1H3/t11-,13-/m1/s1. The van der Waals surface area contributed by atoms with E-state index in [2.05, 4.69) is 0 Å². The molecule has 0 spiro atoms. The molecule has 1 rings (SSSR count). The van der Waals surface area contributed by atoms with Crippen molar-refractivity contribution in [3.8, 4) is 0 Å². The van der Waals surface area contributed by atoms with Crippen LogP contribution in [0, 0.1) is 0 Å². The highest BCUT2D eigenvalue weighted by atomic mass is 16.5. The van der Waals surface area contributed by atoms with Gasteiger partial charge in [0.05, 0.1) is 6.10 Å². The number of carbonyl (C=O) groups is 2. The molecule has 110 valence electrons. The second kappa shape index (κ2) is 8.45. The summed E-state index contributed by atoms with van der Waals surface area (Å²) in [4.78, 5) is 23.1. The van der Waals surface area contributed by atoms with Gasteiger partial charge in [0.1, 0.15) is 18.3 Å². The highest BCUT2D eigenvalue weighted by Crippen LogP contribution is 2.16. The Hall–Kier alpha value is -1.72. The van der Waals surface area contributed by atoms with Gasteiger partial charge >= 0.3 is 5.97 Å². The van der Waals surface area contributed by atoms with Crippen molar-refractivity contribution in [3.63, 3.8) is 0 Å². The summed E-state index contributed by atoms with van der Waals surface area (Å²) in [5, 5.41) is 18.0. The van der Waals surface area contributed by atoms with Gasteiger partial charge in [-0.1, -0.05) is 30.3 Å². The van der Waals surface area contributed by atoms with Crippen LogP contribution in [-0.4, -0.2) is 34.7 Å². The Bertz CT molecular complexity index is 429. The number of hydrogen-bond donors (Lipinski definition) is 2. The predicted molar refractivity (Wildman–Crippen MR) is 72.9 cm³/mol. The average Bonchev–Trinajstić information content (AvgIpc) is 2.39. The van der Waals surface area contributed by atoms with Gasteiger partial charge in [-0.3, -0.25) is 9.59 Å². The number of rotatable bonds is 8. The first-order valence-corrected chi connectivity index (χ1v) is 6.58. The number of carbonyl (C=O) groups excluding carboxylic acids is 2. The highest BCUT2D eigenvalue weighted by molar-refractivity contribution is 5.95. The molecule has 2 N–H and O–H groups in total. The van der Waals surface area contributed by atoms with Gasteiger partial charge < -0.3 is 14.9 Å². The number of Topliss-reactive ketones (excluding diaryl/α,β-unsaturated/α-hetero) is 1. The van der Waals surface area contributed by atoms with Crippen LogP contribution in [0.2, 0.25) is 0 Å². The van der Waals surface area contributed by atoms with Crippen molar-refractivity contribution >= 4 is 11.8 Å². The van der Waals surface area contributed by atoms with Crippen molar-refractivity contribution in [1.29, 1.82) is 0 Å². The van der Waals surface area contributed by atoms with Gasteiger partial charge in [-0.05, 0) is 18.9 Å². The van der Waals surface area contributed by atoms with Crippen molar-refractivity contribution in [2.45, 2.75) is 38.4 Å². The molecular weight excluding hydrogens is 260 g/mol. The molecule has 1 aromatic rings. The maximum atomic E-state index is 11.6. The zero-order valence-corrected chi connectivity index (χ0v) is 11.5. The van der Waals surface area contributed by atoms with Gasteiger partial charge in [-0.15, -0.1) is 0 Å². The smallest absolute Gasteiger partial charge is 0.313 e. The fourth-order valence-corrected chi connectivity index (χ4v) is 1.78. The lowest BCUT2D eigenvalue weighted by Crippen LogP contribution is -2.19. The zero-order valence-electron chi connectivity index (χ0n) is 11.5. The largest absolute Gasteiger partial charge is 0.457 e. The number of aliphatic hydroxyl groups excluding tert-OH is 2. The minimum Gasteiger partial charge on any atom is -0.457 e. The maximum Gasteiger partial charge on any atom is 0.313 e. The summed E-state index contributed by atoms with van der Waals surface area (Å²) in [7, 11) is 0. The second-order valence-corrected chi connectivity index (χ2v) is 4.63. The SMILES string of the molecule is C[C@@H](OC(=O)CC(=O)C[C@H](O)CCO)c1ccccc1. The van der Waals surface area contributed by atoms with E-state index in [1.54, 1.807) is 6.92 Å². The van der Waals surface area contributed by atoms with Crippen LogP contribution in [0.15, 0.2) is 30.3 Å². The summed E-state index contributed by atoms with van der Waals surface area (Å²) < 4.78 is 5.16. The third-order valence-corrected chi connectivity index (χ3v) is 2.84. The van der Waals surface area contributed by atoms with Crippen LogP contribution >= 0.6 is 0 Å². The van der Waals surface area contributed by atoms with E-state index in [0.29, 0.717) is 0 Å². The molecule has 0 saturated heterocycles. The topological polar surface area (TPSA) is 83.8 Å². The molecule has 0 amide bonds. The molecule has 1 aromatic carbocycles. The molecular formula is C15H20O5. The van der Waals surface area contributed by atoms with E-state index in [9.17, 15) is 14.7 Å². The molecule has 0 unspecified atom stereocenters. The summed E-state index contributed by atoms with van der Waals surface area (Å²) in [5.41, 5.74) is 0.855. The molecule has 0 fully saturated rings. The molecule has 0 heterocycles. The lowest BCUT2D eigenvalue weighted by atomic mass is 10.1. The fourth-order valence-electron chi connectivity index (χ4n) is 1.78. The van der Waals surface area contributed by atoms with Gasteiger partial charge in [-0.2, -0.15) is 0 Å². The van der Waals surface area contributed by atoms with E-state index < -0.39 is 24.0 Å². The Balaban J connectivity index is 2.38. The van der Waals surface area contributed by atoms with Crippen molar-refractivity contribution in [3.05, 3.63) is 35.9 Å². The molecule has 0 saturated carbocycles. The molecule has 0 bridgehead atoms. The number of benzene rings is 1. The number of aliphatic hydroxyl groups is 2. The third-order valence-electron chi connectivity index (χ3n) is 2.84. The number of hydrogen-bond acceptors (Lipinski definition) is 5. The van der Waals surface area contributed by atoms with E-state index in [0.717, 1.165) is 5.56 Å². The van der Waals surface area contributed by atoms with Gasteiger partial charge in [0, 0.05) is 13.0 Å². The average molecular weight is 280 g/mol. The molecule has 0 radical (unpaired) electrons. The highest BCUT2D eigenvalue weighted by Gasteiger charge is 2.17. The van der Waals surface area contributed by atoms with Crippen LogP contribution in [0.3, 0.4) is 0 Å². The Morgan fingerprint density at radius 3 is 2.50 bits per heavy atom. The summed E-state index contributed by atoms with van der Waals surface area (Å²) in [6.07, 6.45) is -1.71. The van der Waals surface area contributed by atoms with E-state index in [1.165, 1.54) is 0 Å². The molecule has 0 aromatic heterocycles. The maximum absolute atomic E-state index is 11.6. The van der Waals surface area contributed by atoms with Crippen LogP contribution in [0.5, 0.6) is 0 Å².